The van der Waals surface area contributed by atoms with Crippen molar-refractivity contribution in [3.63, 3.8) is 0 Å². The predicted octanol–water partition coefficient (Wildman–Crippen LogP) is 3.32. The van der Waals surface area contributed by atoms with Crippen molar-refractivity contribution in [2.45, 2.75) is 41.0 Å². The Morgan fingerprint density at radius 3 is 2.55 bits per heavy atom. The third-order valence-electron chi connectivity index (χ3n) is 3.84. The second-order valence-corrected chi connectivity index (χ2v) is 6.18. The molecular formula is C16H27N3O. The van der Waals surface area contributed by atoms with Crippen LogP contribution in [0, 0.1) is 11.3 Å². The van der Waals surface area contributed by atoms with E-state index >= 15 is 0 Å². The van der Waals surface area contributed by atoms with Gasteiger partial charge < -0.3 is 10.6 Å². The van der Waals surface area contributed by atoms with Crippen LogP contribution >= 0.6 is 0 Å². The van der Waals surface area contributed by atoms with E-state index in [9.17, 15) is 4.79 Å². The molecule has 1 aromatic heterocycles. The molecule has 0 aromatic carbocycles. The minimum absolute atomic E-state index is 0.0816. The van der Waals surface area contributed by atoms with Gasteiger partial charge in [-0.25, -0.2) is 4.98 Å². The second kappa shape index (κ2) is 7.27. The summed E-state index contributed by atoms with van der Waals surface area (Å²) in [7, 11) is 0. The topological polar surface area (TPSA) is 54.0 Å². The molecule has 20 heavy (non-hydrogen) atoms. The van der Waals surface area contributed by atoms with Gasteiger partial charge in [-0.3, -0.25) is 4.79 Å². The van der Waals surface area contributed by atoms with E-state index in [0.717, 1.165) is 18.7 Å². The summed E-state index contributed by atoms with van der Waals surface area (Å²) in [6, 6.07) is 3.65. The molecule has 4 heteroatoms. The maximum atomic E-state index is 12.0. The number of aromatic nitrogens is 1. The van der Waals surface area contributed by atoms with Gasteiger partial charge in [-0.1, -0.05) is 34.6 Å². The molecule has 1 amide bonds. The zero-order valence-electron chi connectivity index (χ0n) is 13.3. The molecule has 0 spiro atoms. The number of pyridine rings is 1. The first-order chi connectivity index (χ1) is 9.36. The van der Waals surface area contributed by atoms with Crippen LogP contribution < -0.4 is 10.6 Å². The summed E-state index contributed by atoms with van der Waals surface area (Å²) in [6.07, 6.45) is 2.77. The number of hydrogen-bond donors (Lipinski definition) is 2. The molecule has 0 fully saturated rings. The molecule has 0 aliphatic carbocycles. The Kier molecular flexibility index (Phi) is 5.99. The van der Waals surface area contributed by atoms with Crippen LogP contribution in [0.4, 0.5) is 5.69 Å². The van der Waals surface area contributed by atoms with Crippen LogP contribution in [0.15, 0.2) is 18.3 Å². The van der Waals surface area contributed by atoms with Crippen LogP contribution in [0.2, 0.25) is 0 Å². The average Bonchev–Trinajstić information content (AvgIpc) is 2.43. The molecule has 0 saturated carbocycles. The van der Waals surface area contributed by atoms with E-state index in [1.54, 1.807) is 12.3 Å². The van der Waals surface area contributed by atoms with Crippen LogP contribution in [0.5, 0.6) is 0 Å². The van der Waals surface area contributed by atoms with Crippen LogP contribution in [-0.2, 0) is 0 Å². The average molecular weight is 277 g/mol. The van der Waals surface area contributed by atoms with Gasteiger partial charge in [-0.2, -0.15) is 0 Å². The van der Waals surface area contributed by atoms with Crippen LogP contribution in [0.25, 0.3) is 0 Å². The molecule has 4 nitrogen and oxygen atoms in total. The Bertz CT molecular complexity index is 424. The zero-order chi connectivity index (χ0) is 15.2. The van der Waals surface area contributed by atoms with Gasteiger partial charge in [0.05, 0.1) is 11.9 Å². The number of hydrogen-bond acceptors (Lipinski definition) is 3. The minimum Gasteiger partial charge on any atom is -0.384 e. The minimum atomic E-state index is -0.110. The number of carbonyl (C=O) groups excluding carboxylic acids is 1. The summed E-state index contributed by atoms with van der Waals surface area (Å²) in [4.78, 5) is 16.2. The molecule has 0 aliphatic rings. The lowest BCUT2D eigenvalue weighted by Gasteiger charge is -2.29. The van der Waals surface area contributed by atoms with Gasteiger partial charge in [0.2, 0.25) is 0 Å². The van der Waals surface area contributed by atoms with E-state index in [-0.39, 0.29) is 11.3 Å². The van der Waals surface area contributed by atoms with Gasteiger partial charge in [-0.15, -0.1) is 0 Å². The highest BCUT2D eigenvalue weighted by molar-refractivity contribution is 5.92. The fraction of sp³-hybridized carbons (Fsp3) is 0.625. The molecule has 0 bridgehead atoms. The summed E-state index contributed by atoms with van der Waals surface area (Å²) in [5.41, 5.74) is 1.50. The van der Waals surface area contributed by atoms with Gasteiger partial charge in [-0.05, 0) is 29.9 Å². The highest BCUT2D eigenvalue weighted by Crippen LogP contribution is 2.24. The lowest BCUT2D eigenvalue weighted by molar-refractivity contribution is 0.0920. The quantitative estimate of drug-likeness (QED) is 0.804. The number of carbonyl (C=O) groups is 1. The fourth-order valence-electron chi connectivity index (χ4n) is 1.50. The van der Waals surface area contributed by atoms with Crippen molar-refractivity contribution in [3.05, 3.63) is 24.0 Å². The molecule has 1 heterocycles. The summed E-state index contributed by atoms with van der Waals surface area (Å²) >= 11 is 0. The Morgan fingerprint density at radius 2 is 2.05 bits per heavy atom. The van der Waals surface area contributed by atoms with Crippen LogP contribution in [0.3, 0.4) is 0 Å². The van der Waals surface area contributed by atoms with Crippen molar-refractivity contribution in [1.29, 1.82) is 0 Å². The highest BCUT2D eigenvalue weighted by atomic mass is 16.1. The first kappa shape index (κ1) is 16.5. The third kappa shape index (κ3) is 4.83. The van der Waals surface area contributed by atoms with E-state index < -0.39 is 0 Å². The molecule has 0 unspecified atom stereocenters. The van der Waals surface area contributed by atoms with Crippen molar-refractivity contribution < 1.29 is 4.79 Å². The van der Waals surface area contributed by atoms with E-state index in [1.807, 2.05) is 6.07 Å². The Morgan fingerprint density at radius 1 is 1.35 bits per heavy atom. The summed E-state index contributed by atoms with van der Waals surface area (Å²) in [6.45, 7) is 12.3. The van der Waals surface area contributed by atoms with E-state index in [0.29, 0.717) is 18.2 Å². The first-order valence-electron chi connectivity index (χ1n) is 7.35. The Hall–Kier alpha value is -1.58. The maximum absolute atomic E-state index is 12.0. The van der Waals surface area contributed by atoms with Gasteiger partial charge in [0.25, 0.3) is 5.91 Å². The standard InChI is InChI=1S/C16H27N3O/c1-6-9-17-13-7-8-14(18-10-13)15(20)19-11-16(4,5)12(2)3/h7-8,10,12,17H,6,9,11H2,1-5H3,(H,19,20). The number of amides is 1. The SMILES string of the molecule is CCCNc1ccc(C(=O)NCC(C)(C)C(C)C)nc1. The summed E-state index contributed by atoms with van der Waals surface area (Å²) in [5, 5.41) is 6.20. The number of anilines is 1. The molecule has 1 rings (SSSR count). The maximum Gasteiger partial charge on any atom is 0.269 e. The fourth-order valence-corrected chi connectivity index (χ4v) is 1.50. The Balaban J connectivity index is 2.56. The zero-order valence-corrected chi connectivity index (χ0v) is 13.3. The lowest BCUT2D eigenvalue weighted by atomic mass is 9.81. The smallest absolute Gasteiger partial charge is 0.269 e. The normalized spacial score (nSPS) is 11.5. The largest absolute Gasteiger partial charge is 0.384 e. The number of nitrogens with one attached hydrogen (secondary N) is 2. The third-order valence-corrected chi connectivity index (χ3v) is 3.84. The lowest BCUT2D eigenvalue weighted by Crippen LogP contribution is -2.37. The highest BCUT2D eigenvalue weighted by Gasteiger charge is 2.23. The van der Waals surface area contributed by atoms with Gasteiger partial charge in [0, 0.05) is 13.1 Å². The van der Waals surface area contributed by atoms with Crippen molar-refractivity contribution in [2.75, 3.05) is 18.4 Å². The predicted molar refractivity (Wildman–Crippen MR) is 84.0 cm³/mol. The Labute approximate surface area is 122 Å². The molecule has 0 saturated heterocycles. The van der Waals surface area contributed by atoms with Gasteiger partial charge in [0.15, 0.2) is 0 Å². The van der Waals surface area contributed by atoms with Gasteiger partial charge in [0.1, 0.15) is 5.69 Å². The summed E-state index contributed by atoms with van der Waals surface area (Å²) in [5.74, 6) is 0.400. The van der Waals surface area contributed by atoms with Crippen molar-refractivity contribution in [3.8, 4) is 0 Å². The van der Waals surface area contributed by atoms with Gasteiger partial charge >= 0.3 is 0 Å². The van der Waals surface area contributed by atoms with Crippen LogP contribution in [0.1, 0.15) is 51.5 Å². The molecule has 1 aromatic rings. The number of nitrogens with zero attached hydrogens (tertiary/aromatic N) is 1. The number of rotatable bonds is 7. The molecule has 2 N–H and O–H groups in total. The monoisotopic (exact) mass is 277 g/mol. The van der Waals surface area contributed by atoms with E-state index in [4.69, 9.17) is 0 Å². The first-order valence-corrected chi connectivity index (χ1v) is 7.35. The molecule has 112 valence electrons. The molecular weight excluding hydrogens is 250 g/mol. The molecule has 0 atom stereocenters. The van der Waals surface area contributed by atoms with Crippen molar-refractivity contribution >= 4 is 11.6 Å². The molecule has 0 aliphatic heterocycles. The van der Waals surface area contributed by atoms with E-state index in [2.05, 4.69) is 50.2 Å². The van der Waals surface area contributed by atoms with Crippen molar-refractivity contribution in [2.24, 2.45) is 11.3 Å². The summed E-state index contributed by atoms with van der Waals surface area (Å²) < 4.78 is 0. The molecule has 0 radical (unpaired) electrons. The van der Waals surface area contributed by atoms with Crippen LogP contribution in [-0.4, -0.2) is 24.0 Å². The van der Waals surface area contributed by atoms with Crippen molar-refractivity contribution in [1.82, 2.24) is 10.3 Å². The second-order valence-electron chi connectivity index (χ2n) is 6.18. The van der Waals surface area contributed by atoms with E-state index in [1.165, 1.54) is 0 Å².